The Morgan fingerprint density at radius 1 is 1.44 bits per heavy atom. The highest BCUT2D eigenvalue weighted by atomic mass is 16.2. The zero-order chi connectivity index (χ0) is 11.2. The predicted octanol–water partition coefficient (Wildman–Crippen LogP) is 1.88. The molecule has 0 aromatic carbocycles. The molecule has 1 spiro atoms. The van der Waals surface area contributed by atoms with Crippen LogP contribution in [0.25, 0.3) is 0 Å². The van der Waals surface area contributed by atoms with Crippen LogP contribution in [0.1, 0.15) is 51.9 Å². The SMILES string of the molecule is CC(CC1CC1)N1CNC2(CCCC2)C1=O. The van der Waals surface area contributed by atoms with E-state index >= 15 is 0 Å². The third-order valence-electron chi connectivity index (χ3n) is 4.62. The molecular formula is C13H22N2O. The normalized spacial score (nSPS) is 30.3. The standard InChI is InChI=1S/C13H22N2O/c1-10(8-11-4-5-11)15-9-14-13(12(15)16)6-2-3-7-13/h10-11,14H,2-9H2,1H3. The van der Waals surface area contributed by atoms with Gasteiger partial charge in [0.15, 0.2) is 0 Å². The number of carbonyl (C=O) groups is 1. The molecule has 0 bridgehead atoms. The Balaban J connectivity index is 1.66. The number of nitrogens with zero attached hydrogens (tertiary/aromatic N) is 1. The second kappa shape index (κ2) is 3.73. The highest BCUT2D eigenvalue weighted by Crippen LogP contribution is 2.38. The molecule has 1 heterocycles. The zero-order valence-corrected chi connectivity index (χ0v) is 10.2. The molecule has 1 aliphatic heterocycles. The Hall–Kier alpha value is -0.570. The second-order valence-electron chi connectivity index (χ2n) is 5.93. The van der Waals surface area contributed by atoms with Gasteiger partial charge in [-0.1, -0.05) is 25.7 Å². The average molecular weight is 222 g/mol. The van der Waals surface area contributed by atoms with Crippen LogP contribution < -0.4 is 5.32 Å². The minimum atomic E-state index is -0.155. The van der Waals surface area contributed by atoms with E-state index in [0.717, 1.165) is 25.4 Å². The quantitative estimate of drug-likeness (QED) is 0.790. The molecule has 3 rings (SSSR count). The largest absolute Gasteiger partial charge is 0.326 e. The summed E-state index contributed by atoms with van der Waals surface area (Å²) in [5.74, 6) is 1.29. The Morgan fingerprint density at radius 3 is 2.75 bits per heavy atom. The van der Waals surface area contributed by atoms with E-state index in [0.29, 0.717) is 11.9 Å². The lowest BCUT2D eigenvalue weighted by atomic mass is 9.97. The fourth-order valence-corrected chi connectivity index (χ4v) is 3.35. The highest BCUT2D eigenvalue weighted by molar-refractivity contribution is 5.88. The Kier molecular flexibility index (Phi) is 2.46. The number of hydrogen-bond acceptors (Lipinski definition) is 2. The van der Waals surface area contributed by atoms with Crippen LogP contribution in [0.3, 0.4) is 0 Å². The van der Waals surface area contributed by atoms with E-state index in [1.807, 2.05) is 0 Å². The van der Waals surface area contributed by atoms with Crippen LogP contribution in [0, 0.1) is 5.92 Å². The Morgan fingerprint density at radius 2 is 2.12 bits per heavy atom. The van der Waals surface area contributed by atoms with E-state index < -0.39 is 0 Å². The van der Waals surface area contributed by atoms with Crippen LogP contribution in [-0.2, 0) is 4.79 Å². The Labute approximate surface area is 97.6 Å². The van der Waals surface area contributed by atoms with Gasteiger partial charge in [-0.3, -0.25) is 10.1 Å². The van der Waals surface area contributed by atoms with Gasteiger partial charge in [0, 0.05) is 6.04 Å². The first-order valence-corrected chi connectivity index (χ1v) is 6.77. The maximum absolute atomic E-state index is 12.4. The van der Waals surface area contributed by atoms with E-state index in [2.05, 4.69) is 17.1 Å². The van der Waals surface area contributed by atoms with Gasteiger partial charge in [-0.05, 0) is 32.1 Å². The van der Waals surface area contributed by atoms with Gasteiger partial charge < -0.3 is 4.90 Å². The molecule has 90 valence electrons. The van der Waals surface area contributed by atoms with E-state index in [1.54, 1.807) is 0 Å². The van der Waals surface area contributed by atoms with Crippen LogP contribution in [-0.4, -0.2) is 29.1 Å². The lowest BCUT2D eigenvalue weighted by Gasteiger charge is -2.26. The smallest absolute Gasteiger partial charge is 0.244 e. The van der Waals surface area contributed by atoms with Crippen LogP contribution >= 0.6 is 0 Å². The van der Waals surface area contributed by atoms with Gasteiger partial charge in [0.2, 0.25) is 5.91 Å². The number of amides is 1. The molecule has 3 nitrogen and oxygen atoms in total. The minimum absolute atomic E-state index is 0.155. The molecule has 3 fully saturated rings. The van der Waals surface area contributed by atoms with Crippen molar-refractivity contribution < 1.29 is 4.79 Å². The van der Waals surface area contributed by atoms with Gasteiger partial charge in [0.05, 0.1) is 12.2 Å². The summed E-state index contributed by atoms with van der Waals surface area (Å²) in [6.07, 6.45) is 8.50. The van der Waals surface area contributed by atoms with Gasteiger partial charge in [-0.15, -0.1) is 0 Å². The number of rotatable bonds is 3. The summed E-state index contributed by atoms with van der Waals surface area (Å²) in [7, 11) is 0. The molecule has 1 saturated heterocycles. The third kappa shape index (κ3) is 1.65. The van der Waals surface area contributed by atoms with Crippen molar-refractivity contribution in [3.63, 3.8) is 0 Å². The average Bonchev–Trinajstić information content (AvgIpc) is 2.86. The molecule has 2 aliphatic carbocycles. The zero-order valence-electron chi connectivity index (χ0n) is 10.2. The van der Waals surface area contributed by atoms with Crippen molar-refractivity contribution in [2.24, 2.45) is 5.92 Å². The van der Waals surface area contributed by atoms with Gasteiger partial charge in [0.1, 0.15) is 0 Å². The second-order valence-corrected chi connectivity index (χ2v) is 5.93. The third-order valence-corrected chi connectivity index (χ3v) is 4.62. The number of nitrogens with one attached hydrogen (secondary N) is 1. The van der Waals surface area contributed by atoms with Crippen molar-refractivity contribution in [3.8, 4) is 0 Å². The van der Waals surface area contributed by atoms with Crippen molar-refractivity contribution in [1.82, 2.24) is 10.2 Å². The molecule has 1 unspecified atom stereocenters. The summed E-state index contributed by atoms with van der Waals surface area (Å²) in [5, 5.41) is 3.48. The molecular weight excluding hydrogens is 200 g/mol. The fraction of sp³-hybridized carbons (Fsp3) is 0.923. The van der Waals surface area contributed by atoms with Crippen molar-refractivity contribution in [1.29, 1.82) is 0 Å². The molecule has 0 aromatic rings. The lowest BCUT2D eigenvalue weighted by Crippen LogP contribution is -2.45. The van der Waals surface area contributed by atoms with E-state index in [1.165, 1.54) is 32.1 Å². The molecule has 1 N–H and O–H groups in total. The highest BCUT2D eigenvalue weighted by Gasteiger charge is 2.49. The summed E-state index contributed by atoms with van der Waals surface area (Å²) < 4.78 is 0. The lowest BCUT2D eigenvalue weighted by molar-refractivity contribution is -0.134. The van der Waals surface area contributed by atoms with Crippen molar-refractivity contribution in [3.05, 3.63) is 0 Å². The summed E-state index contributed by atoms with van der Waals surface area (Å²) in [6.45, 7) is 3.00. The topological polar surface area (TPSA) is 32.3 Å². The van der Waals surface area contributed by atoms with E-state index in [-0.39, 0.29) is 5.54 Å². The van der Waals surface area contributed by atoms with Crippen molar-refractivity contribution in [2.75, 3.05) is 6.67 Å². The summed E-state index contributed by atoms with van der Waals surface area (Å²) in [6, 6.07) is 0.437. The van der Waals surface area contributed by atoms with Crippen LogP contribution in [0.15, 0.2) is 0 Å². The first kappa shape index (κ1) is 10.6. The van der Waals surface area contributed by atoms with Crippen LogP contribution in [0.2, 0.25) is 0 Å². The first-order valence-electron chi connectivity index (χ1n) is 6.77. The number of hydrogen-bond donors (Lipinski definition) is 1. The van der Waals surface area contributed by atoms with Crippen LogP contribution in [0.5, 0.6) is 0 Å². The number of carbonyl (C=O) groups excluding carboxylic acids is 1. The molecule has 1 atom stereocenters. The van der Waals surface area contributed by atoms with Gasteiger partial charge in [-0.2, -0.15) is 0 Å². The summed E-state index contributed by atoms with van der Waals surface area (Å²) in [5.41, 5.74) is -0.155. The van der Waals surface area contributed by atoms with Gasteiger partial charge >= 0.3 is 0 Å². The van der Waals surface area contributed by atoms with Gasteiger partial charge in [-0.25, -0.2) is 0 Å². The molecule has 3 aliphatic rings. The molecule has 3 heteroatoms. The van der Waals surface area contributed by atoms with Crippen LogP contribution in [0.4, 0.5) is 0 Å². The molecule has 16 heavy (non-hydrogen) atoms. The maximum atomic E-state index is 12.4. The monoisotopic (exact) mass is 222 g/mol. The summed E-state index contributed by atoms with van der Waals surface area (Å²) >= 11 is 0. The molecule has 2 saturated carbocycles. The van der Waals surface area contributed by atoms with E-state index in [4.69, 9.17) is 0 Å². The van der Waals surface area contributed by atoms with Gasteiger partial charge in [0.25, 0.3) is 0 Å². The predicted molar refractivity (Wildman–Crippen MR) is 62.9 cm³/mol. The molecule has 0 aromatic heterocycles. The maximum Gasteiger partial charge on any atom is 0.244 e. The Bertz CT molecular complexity index is 292. The van der Waals surface area contributed by atoms with Crippen molar-refractivity contribution >= 4 is 5.91 Å². The molecule has 1 amide bonds. The minimum Gasteiger partial charge on any atom is -0.326 e. The van der Waals surface area contributed by atoms with E-state index in [9.17, 15) is 4.79 Å². The van der Waals surface area contributed by atoms with Crippen molar-refractivity contribution in [2.45, 2.75) is 63.5 Å². The fourth-order valence-electron chi connectivity index (χ4n) is 3.35. The first-order chi connectivity index (χ1) is 7.71. The summed E-state index contributed by atoms with van der Waals surface area (Å²) in [4.78, 5) is 14.5. The molecule has 0 radical (unpaired) electrons.